The van der Waals surface area contributed by atoms with E-state index >= 15 is 0 Å². The lowest BCUT2D eigenvalue weighted by Gasteiger charge is -2.36. The highest BCUT2D eigenvalue weighted by Crippen LogP contribution is 2.38. The van der Waals surface area contributed by atoms with E-state index < -0.39 is 0 Å². The van der Waals surface area contributed by atoms with E-state index in [9.17, 15) is 4.79 Å². The Hall–Kier alpha value is -0.570. The number of carbonyl (C=O) groups is 1. The zero-order valence-electron chi connectivity index (χ0n) is 11.5. The molecule has 0 radical (unpaired) electrons. The molecule has 3 heteroatoms. The fourth-order valence-corrected chi connectivity index (χ4v) is 2.80. The first-order valence-corrected chi connectivity index (χ1v) is 6.77. The molecular formula is C14H26O3. The van der Waals surface area contributed by atoms with E-state index in [4.69, 9.17) is 9.84 Å². The highest BCUT2D eigenvalue weighted by molar-refractivity contribution is 5.73. The standard InChI is InChI=1S/C14H26O3/c1-9(2)12-6-5-10(3)7-13(12)14(16)17-11(4)8-15/h9-13,15H,5-8H2,1-4H3. The third-order valence-corrected chi connectivity index (χ3v) is 3.90. The van der Waals surface area contributed by atoms with Crippen LogP contribution in [0.25, 0.3) is 0 Å². The second-order valence-corrected chi connectivity index (χ2v) is 5.86. The molecule has 1 fully saturated rings. The minimum Gasteiger partial charge on any atom is -0.460 e. The van der Waals surface area contributed by atoms with Gasteiger partial charge in [0.15, 0.2) is 0 Å². The van der Waals surface area contributed by atoms with Crippen LogP contribution in [0.3, 0.4) is 0 Å². The van der Waals surface area contributed by atoms with Gasteiger partial charge in [-0.1, -0.05) is 27.2 Å². The third kappa shape index (κ3) is 3.98. The molecule has 0 aromatic heterocycles. The molecule has 100 valence electrons. The Morgan fingerprint density at radius 3 is 2.53 bits per heavy atom. The van der Waals surface area contributed by atoms with Gasteiger partial charge in [0.1, 0.15) is 6.10 Å². The summed E-state index contributed by atoms with van der Waals surface area (Å²) in [5.74, 6) is 1.46. The summed E-state index contributed by atoms with van der Waals surface area (Å²) in [6.07, 6.45) is 2.88. The number of ether oxygens (including phenoxy) is 1. The van der Waals surface area contributed by atoms with Crippen LogP contribution in [0, 0.1) is 23.7 Å². The molecule has 0 saturated heterocycles. The van der Waals surface area contributed by atoms with E-state index in [2.05, 4.69) is 20.8 Å². The van der Waals surface area contributed by atoms with Gasteiger partial charge < -0.3 is 9.84 Å². The van der Waals surface area contributed by atoms with Crippen molar-refractivity contribution < 1.29 is 14.6 Å². The molecule has 1 aliphatic carbocycles. The minimum atomic E-state index is -0.382. The Balaban J connectivity index is 2.65. The smallest absolute Gasteiger partial charge is 0.309 e. The van der Waals surface area contributed by atoms with Crippen molar-refractivity contribution in [2.24, 2.45) is 23.7 Å². The van der Waals surface area contributed by atoms with Crippen LogP contribution in [0.4, 0.5) is 0 Å². The topological polar surface area (TPSA) is 46.5 Å². The molecule has 1 N–H and O–H groups in total. The van der Waals surface area contributed by atoms with E-state index in [-0.39, 0.29) is 24.6 Å². The van der Waals surface area contributed by atoms with Gasteiger partial charge in [0.25, 0.3) is 0 Å². The summed E-state index contributed by atoms with van der Waals surface area (Å²) in [4.78, 5) is 12.1. The number of aliphatic hydroxyl groups is 1. The molecule has 1 saturated carbocycles. The zero-order valence-corrected chi connectivity index (χ0v) is 11.5. The highest BCUT2D eigenvalue weighted by atomic mass is 16.6. The van der Waals surface area contributed by atoms with Crippen molar-refractivity contribution in [2.45, 2.75) is 53.1 Å². The quantitative estimate of drug-likeness (QED) is 0.771. The summed E-state index contributed by atoms with van der Waals surface area (Å²) in [6, 6.07) is 0. The van der Waals surface area contributed by atoms with Gasteiger partial charge in [0.05, 0.1) is 12.5 Å². The number of hydrogen-bond acceptors (Lipinski definition) is 3. The summed E-state index contributed by atoms with van der Waals surface area (Å²) >= 11 is 0. The van der Waals surface area contributed by atoms with Crippen LogP contribution in [0.5, 0.6) is 0 Å². The Labute approximate surface area is 105 Å². The van der Waals surface area contributed by atoms with Crippen molar-refractivity contribution in [2.75, 3.05) is 6.61 Å². The molecule has 1 rings (SSSR count). The maximum atomic E-state index is 12.1. The molecule has 0 spiro atoms. The Morgan fingerprint density at radius 2 is 2.00 bits per heavy atom. The Kier molecular flexibility index (Phi) is 5.44. The van der Waals surface area contributed by atoms with Crippen LogP contribution in [0.15, 0.2) is 0 Å². The molecule has 3 nitrogen and oxygen atoms in total. The van der Waals surface area contributed by atoms with Crippen molar-refractivity contribution in [1.82, 2.24) is 0 Å². The average Bonchev–Trinajstić information content (AvgIpc) is 2.28. The van der Waals surface area contributed by atoms with E-state index in [1.54, 1.807) is 6.92 Å². The molecular weight excluding hydrogens is 216 g/mol. The van der Waals surface area contributed by atoms with Gasteiger partial charge in [-0.3, -0.25) is 4.79 Å². The Bertz CT molecular complexity index is 250. The summed E-state index contributed by atoms with van der Waals surface area (Å²) < 4.78 is 5.28. The zero-order chi connectivity index (χ0) is 13.0. The van der Waals surface area contributed by atoms with Gasteiger partial charge in [-0.2, -0.15) is 0 Å². The van der Waals surface area contributed by atoms with Gasteiger partial charge in [0, 0.05) is 0 Å². The van der Waals surface area contributed by atoms with Gasteiger partial charge in [0.2, 0.25) is 0 Å². The first-order chi connectivity index (χ1) is 7.95. The molecule has 0 heterocycles. The van der Waals surface area contributed by atoms with Crippen molar-refractivity contribution in [1.29, 1.82) is 0 Å². The predicted molar refractivity (Wildman–Crippen MR) is 67.5 cm³/mol. The molecule has 0 bridgehead atoms. The van der Waals surface area contributed by atoms with Crippen molar-refractivity contribution >= 4 is 5.97 Å². The summed E-state index contributed by atoms with van der Waals surface area (Å²) in [5, 5.41) is 8.93. The molecule has 4 atom stereocenters. The number of aliphatic hydroxyl groups excluding tert-OH is 1. The second kappa shape index (κ2) is 6.39. The van der Waals surface area contributed by atoms with Crippen molar-refractivity contribution in [3.05, 3.63) is 0 Å². The largest absolute Gasteiger partial charge is 0.460 e. The summed E-state index contributed by atoms with van der Waals surface area (Å²) in [7, 11) is 0. The van der Waals surface area contributed by atoms with Crippen LogP contribution in [-0.2, 0) is 9.53 Å². The molecule has 4 unspecified atom stereocenters. The lowest BCUT2D eigenvalue weighted by molar-refractivity contribution is -0.160. The Morgan fingerprint density at radius 1 is 1.35 bits per heavy atom. The van der Waals surface area contributed by atoms with Gasteiger partial charge in [-0.15, -0.1) is 0 Å². The number of hydrogen-bond donors (Lipinski definition) is 1. The minimum absolute atomic E-state index is 0.0211. The first kappa shape index (κ1) is 14.5. The fraction of sp³-hybridized carbons (Fsp3) is 0.929. The molecule has 1 aliphatic rings. The SMILES string of the molecule is CC1CCC(C(C)C)C(C(=O)OC(C)CO)C1. The average molecular weight is 242 g/mol. The third-order valence-electron chi connectivity index (χ3n) is 3.90. The van der Waals surface area contributed by atoms with Crippen molar-refractivity contribution in [3.63, 3.8) is 0 Å². The monoisotopic (exact) mass is 242 g/mol. The van der Waals surface area contributed by atoms with Gasteiger partial charge >= 0.3 is 5.97 Å². The lowest BCUT2D eigenvalue weighted by Crippen LogP contribution is -2.36. The summed E-state index contributed by atoms with van der Waals surface area (Å²) in [5.41, 5.74) is 0. The highest BCUT2D eigenvalue weighted by Gasteiger charge is 2.36. The lowest BCUT2D eigenvalue weighted by atomic mass is 9.70. The predicted octanol–water partition coefficient (Wildman–Crippen LogP) is 2.62. The van der Waals surface area contributed by atoms with Gasteiger partial charge in [-0.25, -0.2) is 0 Å². The van der Waals surface area contributed by atoms with Crippen LogP contribution in [0.2, 0.25) is 0 Å². The van der Waals surface area contributed by atoms with E-state index in [0.29, 0.717) is 17.8 Å². The number of esters is 1. The number of rotatable bonds is 4. The maximum absolute atomic E-state index is 12.1. The molecule has 0 aromatic carbocycles. The first-order valence-electron chi connectivity index (χ1n) is 6.77. The van der Waals surface area contributed by atoms with E-state index in [1.807, 2.05) is 0 Å². The van der Waals surface area contributed by atoms with E-state index in [0.717, 1.165) is 12.8 Å². The summed E-state index contributed by atoms with van der Waals surface area (Å²) in [6.45, 7) is 8.19. The maximum Gasteiger partial charge on any atom is 0.309 e. The molecule has 0 aromatic rings. The van der Waals surface area contributed by atoms with E-state index in [1.165, 1.54) is 6.42 Å². The second-order valence-electron chi connectivity index (χ2n) is 5.86. The molecule has 0 aliphatic heterocycles. The molecule has 17 heavy (non-hydrogen) atoms. The normalized spacial score (nSPS) is 31.3. The van der Waals surface area contributed by atoms with Crippen LogP contribution < -0.4 is 0 Å². The van der Waals surface area contributed by atoms with Crippen molar-refractivity contribution in [3.8, 4) is 0 Å². The number of carbonyl (C=O) groups excluding carboxylic acids is 1. The van der Waals surface area contributed by atoms with Gasteiger partial charge in [-0.05, 0) is 37.5 Å². The van der Waals surface area contributed by atoms with Crippen LogP contribution in [0.1, 0.15) is 47.0 Å². The molecule has 0 amide bonds. The fourth-order valence-electron chi connectivity index (χ4n) is 2.80. The van der Waals surface area contributed by atoms with Crippen LogP contribution in [-0.4, -0.2) is 23.8 Å². The van der Waals surface area contributed by atoms with Crippen LogP contribution >= 0.6 is 0 Å².